The number of thiophene rings is 1. The molecule has 0 spiro atoms. The smallest absolute Gasteiger partial charge is 0.332 e. The van der Waals surface area contributed by atoms with Crippen LogP contribution in [0.4, 0.5) is 0 Å². The van der Waals surface area contributed by atoms with E-state index < -0.39 is 5.97 Å². The molecule has 0 aliphatic heterocycles. The van der Waals surface area contributed by atoms with Gasteiger partial charge >= 0.3 is 5.97 Å². The molecule has 7 heteroatoms. The minimum Gasteiger partial charge on any atom is -0.478 e. The number of carbonyl (C=O) groups excluding carboxylic acids is 1. The third-order valence-electron chi connectivity index (χ3n) is 4.80. The lowest BCUT2D eigenvalue weighted by molar-refractivity contribution is -0.132. The summed E-state index contributed by atoms with van der Waals surface area (Å²) >= 11 is 7.86. The van der Waals surface area contributed by atoms with Crippen LogP contribution in [0.5, 0.6) is 0 Å². The number of imidazole rings is 1. The molecular weight excluding hydrogens is 420 g/mol. The molecule has 30 heavy (non-hydrogen) atoms. The highest BCUT2D eigenvalue weighted by molar-refractivity contribution is 7.09. The van der Waals surface area contributed by atoms with Crippen molar-refractivity contribution in [3.63, 3.8) is 0 Å². The second kappa shape index (κ2) is 10.4. The van der Waals surface area contributed by atoms with Gasteiger partial charge in [-0.05, 0) is 35.6 Å². The zero-order valence-electron chi connectivity index (χ0n) is 16.7. The monoisotopic (exact) mass is 442 g/mol. The molecule has 0 aliphatic rings. The van der Waals surface area contributed by atoms with E-state index in [0.717, 1.165) is 29.1 Å². The lowest BCUT2D eigenvalue weighted by Crippen LogP contribution is -2.10. The summed E-state index contributed by atoms with van der Waals surface area (Å²) in [6.45, 7) is 2.50. The van der Waals surface area contributed by atoms with E-state index in [1.165, 1.54) is 11.3 Å². The van der Waals surface area contributed by atoms with Crippen LogP contribution in [-0.4, -0.2) is 26.9 Å². The first-order valence-electron chi connectivity index (χ1n) is 9.77. The molecule has 2 aromatic heterocycles. The van der Waals surface area contributed by atoms with Crippen LogP contribution in [0.2, 0.25) is 5.02 Å². The summed E-state index contributed by atoms with van der Waals surface area (Å²) in [4.78, 5) is 29.2. The molecule has 0 radical (unpaired) electrons. The van der Waals surface area contributed by atoms with Crippen molar-refractivity contribution in [3.8, 4) is 0 Å². The molecule has 0 amide bonds. The molecule has 156 valence electrons. The Kier molecular flexibility index (Phi) is 7.60. The predicted octanol–water partition coefficient (Wildman–Crippen LogP) is 5.51. The molecule has 2 heterocycles. The van der Waals surface area contributed by atoms with E-state index in [-0.39, 0.29) is 17.7 Å². The number of carboxylic acid groups (broad SMARTS) is 1. The lowest BCUT2D eigenvalue weighted by atomic mass is 10.1. The molecule has 1 aromatic carbocycles. The number of aliphatic carboxylic acids is 1. The summed E-state index contributed by atoms with van der Waals surface area (Å²) in [6.07, 6.45) is 5.15. The number of unbranched alkanes of at least 4 members (excludes halogenated alkanes) is 1. The maximum Gasteiger partial charge on any atom is 0.332 e. The van der Waals surface area contributed by atoms with Gasteiger partial charge < -0.3 is 9.67 Å². The van der Waals surface area contributed by atoms with Crippen LogP contribution < -0.4 is 0 Å². The van der Waals surface area contributed by atoms with Crippen molar-refractivity contribution in [2.24, 2.45) is 0 Å². The number of hydrogen-bond acceptors (Lipinski definition) is 4. The third kappa shape index (κ3) is 5.26. The average molecular weight is 443 g/mol. The lowest BCUT2D eigenvalue weighted by Gasteiger charge is -2.12. The van der Waals surface area contributed by atoms with E-state index in [1.807, 2.05) is 46.3 Å². The average Bonchev–Trinajstić information content (AvgIpc) is 3.36. The van der Waals surface area contributed by atoms with Gasteiger partial charge in [-0.2, -0.15) is 0 Å². The van der Waals surface area contributed by atoms with Crippen molar-refractivity contribution >= 4 is 41.3 Å². The van der Waals surface area contributed by atoms with Crippen LogP contribution in [0.1, 0.15) is 52.2 Å². The van der Waals surface area contributed by atoms with Gasteiger partial charge in [-0.15, -0.1) is 11.3 Å². The normalized spacial score (nSPS) is 11.6. The van der Waals surface area contributed by atoms with Gasteiger partial charge in [-0.3, -0.25) is 4.79 Å². The first-order chi connectivity index (χ1) is 14.5. The van der Waals surface area contributed by atoms with Gasteiger partial charge in [0.2, 0.25) is 0 Å². The molecule has 3 aromatic rings. The summed E-state index contributed by atoms with van der Waals surface area (Å²) in [5.41, 5.74) is 1.85. The molecule has 0 aliphatic carbocycles. The van der Waals surface area contributed by atoms with Crippen molar-refractivity contribution in [1.29, 1.82) is 0 Å². The summed E-state index contributed by atoms with van der Waals surface area (Å²) in [6, 6.07) is 11.3. The van der Waals surface area contributed by atoms with Gasteiger partial charge in [0.05, 0.1) is 12.2 Å². The Balaban J connectivity index is 2.10. The van der Waals surface area contributed by atoms with E-state index in [4.69, 9.17) is 11.6 Å². The summed E-state index contributed by atoms with van der Waals surface area (Å²) in [7, 11) is 0. The number of aryl methyl sites for hydroxylation is 1. The Hall–Kier alpha value is -2.70. The van der Waals surface area contributed by atoms with Crippen LogP contribution in [0.3, 0.4) is 0 Å². The fourth-order valence-electron chi connectivity index (χ4n) is 3.23. The Morgan fingerprint density at radius 2 is 2.07 bits per heavy atom. The van der Waals surface area contributed by atoms with Crippen LogP contribution >= 0.6 is 22.9 Å². The minimum absolute atomic E-state index is 0.211. The molecule has 0 saturated carbocycles. The molecule has 5 nitrogen and oxygen atoms in total. The van der Waals surface area contributed by atoms with Gasteiger partial charge in [-0.25, -0.2) is 9.78 Å². The molecular formula is C23H23ClN2O3S. The Bertz CT molecular complexity index is 1050. The van der Waals surface area contributed by atoms with Crippen molar-refractivity contribution < 1.29 is 14.7 Å². The maximum atomic E-state index is 11.9. The highest BCUT2D eigenvalue weighted by Crippen LogP contribution is 2.24. The van der Waals surface area contributed by atoms with Gasteiger partial charge in [0, 0.05) is 28.3 Å². The highest BCUT2D eigenvalue weighted by atomic mass is 35.5. The third-order valence-corrected chi connectivity index (χ3v) is 6.04. The molecule has 0 unspecified atom stereocenters. The Morgan fingerprint density at radius 1 is 1.27 bits per heavy atom. The Labute approximate surface area is 184 Å². The van der Waals surface area contributed by atoms with E-state index in [9.17, 15) is 14.7 Å². The van der Waals surface area contributed by atoms with Crippen LogP contribution in [0.25, 0.3) is 6.08 Å². The summed E-state index contributed by atoms with van der Waals surface area (Å²) in [5.74, 6) is -0.258. The predicted molar refractivity (Wildman–Crippen MR) is 120 cm³/mol. The fourth-order valence-corrected chi connectivity index (χ4v) is 4.15. The number of aldehydes is 1. The highest BCUT2D eigenvalue weighted by Gasteiger charge is 2.19. The first kappa shape index (κ1) is 22.0. The number of rotatable bonds is 10. The summed E-state index contributed by atoms with van der Waals surface area (Å²) in [5, 5.41) is 12.3. The molecule has 0 atom stereocenters. The van der Waals surface area contributed by atoms with E-state index in [0.29, 0.717) is 30.0 Å². The van der Waals surface area contributed by atoms with Crippen molar-refractivity contribution in [2.45, 2.75) is 39.2 Å². The SMILES string of the molecule is CCCCc1nc(C=O)c(/C=C(\Cc2cccs2)C(=O)O)n1Cc1ccccc1Cl. The zero-order chi connectivity index (χ0) is 21.5. The topological polar surface area (TPSA) is 72.2 Å². The van der Waals surface area contributed by atoms with E-state index >= 15 is 0 Å². The number of hydrogen-bond donors (Lipinski definition) is 1. The van der Waals surface area contributed by atoms with Crippen molar-refractivity contribution in [3.05, 3.63) is 80.0 Å². The van der Waals surface area contributed by atoms with Gasteiger partial charge in [0.25, 0.3) is 0 Å². The number of aromatic nitrogens is 2. The van der Waals surface area contributed by atoms with Crippen LogP contribution in [-0.2, 0) is 24.2 Å². The quantitative estimate of drug-likeness (QED) is 0.332. The van der Waals surface area contributed by atoms with Gasteiger partial charge in [-0.1, -0.05) is 49.2 Å². The van der Waals surface area contributed by atoms with Gasteiger partial charge in [0.15, 0.2) is 6.29 Å². The minimum atomic E-state index is -1.01. The van der Waals surface area contributed by atoms with Crippen molar-refractivity contribution in [2.75, 3.05) is 0 Å². The molecule has 1 N–H and O–H groups in total. The largest absolute Gasteiger partial charge is 0.478 e. The number of carbonyl (C=O) groups is 2. The fraction of sp³-hybridized carbons (Fsp3) is 0.261. The summed E-state index contributed by atoms with van der Waals surface area (Å²) < 4.78 is 1.91. The van der Waals surface area contributed by atoms with E-state index in [2.05, 4.69) is 11.9 Å². The second-order valence-electron chi connectivity index (χ2n) is 6.93. The van der Waals surface area contributed by atoms with Gasteiger partial charge in [0.1, 0.15) is 11.5 Å². The maximum absolute atomic E-state index is 11.9. The van der Waals surface area contributed by atoms with Crippen LogP contribution in [0, 0.1) is 0 Å². The number of benzene rings is 1. The van der Waals surface area contributed by atoms with Crippen LogP contribution in [0.15, 0.2) is 47.4 Å². The number of halogens is 1. The molecule has 0 bridgehead atoms. The Morgan fingerprint density at radius 3 is 2.70 bits per heavy atom. The number of carboxylic acids is 1. The van der Waals surface area contributed by atoms with E-state index in [1.54, 1.807) is 6.08 Å². The second-order valence-corrected chi connectivity index (χ2v) is 8.37. The molecule has 3 rings (SSSR count). The molecule has 0 fully saturated rings. The molecule has 0 saturated heterocycles. The first-order valence-corrected chi connectivity index (χ1v) is 11.0. The standard InChI is InChI=1S/C23H23ClN2O3S/c1-2-3-10-22-25-20(15-27)21(26(22)14-16-7-4-5-9-19(16)24)13-17(23(28)29)12-18-8-6-11-30-18/h4-9,11,13,15H,2-3,10,12,14H2,1H3,(H,28,29)/b17-13+. The zero-order valence-corrected chi connectivity index (χ0v) is 18.2. The van der Waals surface area contributed by atoms with Crippen molar-refractivity contribution in [1.82, 2.24) is 9.55 Å². The number of nitrogens with zero attached hydrogens (tertiary/aromatic N) is 2.